The van der Waals surface area contributed by atoms with Crippen molar-refractivity contribution in [2.24, 2.45) is 0 Å². The molecule has 1 saturated carbocycles. The van der Waals surface area contributed by atoms with Crippen LogP contribution in [0.25, 0.3) is 0 Å². The summed E-state index contributed by atoms with van der Waals surface area (Å²) >= 11 is 3.50. The second kappa shape index (κ2) is 5.94. The fourth-order valence-corrected chi connectivity index (χ4v) is 2.35. The van der Waals surface area contributed by atoms with Crippen molar-refractivity contribution in [3.8, 4) is 11.5 Å². The van der Waals surface area contributed by atoms with Crippen LogP contribution in [0, 0.1) is 6.92 Å². The highest BCUT2D eigenvalue weighted by Crippen LogP contribution is 2.30. The minimum Gasteiger partial charge on any atom is -0.455 e. The van der Waals surface area contributed by atoms with Gasteiger partial charge in [0.15, 0.2) is 0 Å². The van der Waals surface area contributed by atoms with Crippen molar-refractivity contribution in [1.82, 2.24) is 10.3 Å². The van der Waals surface area contributed by atoms with E-state index < -0.39 is 0 Å². The molecule has 1 N–H and O–H groups in total. The molecule has 1 aromatic carbocycles. The van der Waals surface area contributed by atoms with Gasteiger partial charge >= 0.3 is 0 Å². The third-order valence-corrected chi connectivity index (χ3v) is 3.86. The van der Waals surface area contributed by atoms with E-state index in [0.717, 1.165) is 28.2 Å². The van der Waals surface area contributed by atoms with Crippen molar-refractivity contribution in [1.29, 1.82) is 0 Å². The maximum atomic E-state index is 6.04. The van der Waals surface area contributed by atoms with Gasteiger partial charge in [-0.05, 0) is 44.0 Å². The minimum atomic E-state index is 0.687. The number of nitrogens with zero attached hydrogens (tertiary/aromatic N) is 1. The summed E-state index contributed by atoms with van der Waals surface area (Å²) in [5.74, 6) is 1.68. The van der Waals surface area contributed by atoms with E-state index in [9.17, 15) is 0 Å². The minimum absolute atomic E-state index is 0.687. The Labute approximate surface area is 127 Å². The van der Waals surface area contributed by atoms with E-state index in [4.69, 9.17) is 4.74 Å². The maximum Gasteiger partial charge on any atom is 0.148 e. The molecule has 0 amide bonds. The van der Waals surface area contributed by atoms with Crippen LogP contribution in [-0.2, 0) is 6.54 Å². The first-order valence-electron chi connectivity index (χ1n) is 6.83. The van der Waals surface area contributed by atoms with Crippen LogP contribution in [0.5, 0.6) is 11.5 Å². The Morgan fingerprint density at radius 3 is 2.90 bits per heavy atom. The number of hydrogen-bond donors (Lipinski definition) is 1. The molecule has 1 fully saturated rings. The number of pyridine rings is 1. The topological polar surface area (TPSA) is 34.1 Å². The molecule has 1 aliphatic carbocycles. The number of halogens is 1. The fourth-order valence-electron chi connectivity index (χ4n) is 2.01. The zero-order valence-corrected chi connectivity index (χ0v) is 13.0. The average molecular weight is 333 g/mol. The highest BCUT2D eigenvalue weighted by atomic mass is 79.9. The quantitative estimate of drug-likeness (QED) is 0.891. The number of benzene rings is 1. The SMILES string of the molecule is Cc1ncccc1Oc1cc(Br)ccc1CNC1CC1. The Hall–Kier alpha value is -1.39. The lowest BCUT2D eigenvalue weighted by molar-refractivity contribution is 0.466. The summed E-state index contributed by atoms with van der Waals surface area (Å²) in [4.78, 5) is 4.26. The Kier molecular flexibility index (Phi) is 4.03. The summed E-state index contributed by atoms with van der Waals surface area (Å²) in [6.07, 6.45) is 4.35. The van der Waals surface area contributed by atoms with Gasteiger partial charge in [0.2, 0.25) is 0 Å². The predicted octanol–water partition coefficient (Wildman–Crippen LogP) is 4.20. The van der Waals surface area contributed by atoms with Gasteiger partial charge in [-0.3, -0.25) is 4.98 Å². The average Bonchev–Trinajstić information content (AvgIpc) is 3.25. The molecule has 0 spiro atoms. The Bertz CT molecular complexity index is 611. The molecular formula is C16H17BrN2O. The lowest BCUT2D eigenvalue weighted by Crippen LogP contribution is -2.15. The van der Waals surface area contributed by atoms with E-state index in [0.29, 0.717) is 6.04 Å². The molecule has 3 nitrogen and oxygen atoms in total. The van der Waals surface area contributed by atoms with Crippen LogP contribution in [0.1, 0.15) is 24.1 Å². The van der Waals surface area contributed by atoms with Crippen molar-refractivity contribution >= 4 is 15.9 Å². The van der Waals surface area contributed by atoms with Crippen LogP contribution in [-0.4, -0.2) is 11.0 Å². The normalized spacial score (nSPS) is 14.3. The highest BCUT2D eigenvalue weighted by Gasteiger charge is 2.20. The molecule has 2 aromatic rings. The van der Waals surface area contributed by atoms with Gasteiger partial charge < -0.3 is 10.1 Å². The first-order valence-corrected chi connectivity index (χ1v) is 7.63. The lowest BCUT2D eigenvalue weighted by atomic mass is 10.2. The molecule has 4 heteroatoms. The summed E-state index contributed by atoms with van der Waals surface area (Å²) in [5.41, 5.74) is 2.07. The largest absolute Gasteiger partial charge is 0.455 e. The second-order valence-corrected chi connectivity index (χ2v) is 6.01. The molecule has 0 unspecified atom stereocenters. The molecule has 104 valence electrons. The second-order valence-electron chi connectivity index (χ2n) is 5.10. The Morgan fingerprint density at radius 1 is 1.30 bits per heavy atom. The van der Waals surface area contributed by atoms with E-state index in [1.165, 1.54) is 18.4 Å². The Balaban J connectivity index is 1.82. The van der Waals surface area contributed by atoms with Crippen molar-refractivity contribution in [2.45, 2.75) is 32.4 Å². The first kappa shape index (κ1) is 13.6. The van der Waals surface area contributed by atoms with Gasteiger partial charge in [-0.25, -0.2) is 0 Å². The van der Waals surface area contributed by atoms with Crippen LogP contribution < -0.4 is 10.1 Å². The standard InChI is InChI=1S/C16H17BrN2O/c1-11-15(3-2-8-18-11)20-16-9-13(17)5-4-12(16)10-19-14-6-7-14/h2-5,8-9,14,19H,6-7,10H2,1H3. The number of aryl methyl sites for hydroxylation is 1. The number of rotatable bonds is 5. The molecule has 0 aliphatic heterocycles. The molecule has 0 atom stereocenters. The molecule has 20 heavy (non-hydrogen) atoms. The maximum absolute atomic E-state index is 6.04. The van der Waals surface area contributed by atoms with E-state index in [2.05, 4.69) is 32.3 Å². The summed E-state index contributed by atoms with van der Waals surface area (Å²) in [7, 11) is 0. The summed E-state index contributed by atoms with van der Waals surface area (Å²) in [6, 6.07) is 10.7. The summed E-state index contributed by atoms with van der Waals surface area (Å²) < 4.78 is 7.06. The smallest absolute Gasteiger partial charge is 0.148 e. The zero-order chi connectivity index (χ0) is 13.9. The Morgan fingerprint density at radius 2 is 2.15 bits per heavy atom. The van der Waals surface area contributed by atoms with Gasteiger partial charge in [-0.2, -0.15) is 0 Å². The molecule has 1 aromatic heterocycles. The van der Waals surface area contributed by atoms with Crippen molar-refractivity contribution in [3.63, 3.8) is 0 Å². The third kappa shape index (κ3) is 3.38. The van der Waals surface area contributed by atoms with E-state index in [-0.39, 0.29) is 0 Å². The van der Waals surface area contributed by atoms with Crippen LogP contribution in [0.2, 0.25) is 0 Å². The fraction of sp³-hybridized carbons (Fsp3) is 0.312. The molecule has 1 heterocycles. The molecule has 3 rings (SSSR count). The molecule has 0 saturated heterocycles. The van der Waals surface area contributed by atoms with Crippen LogP contribution in [0.3, 0.4) is 0 Å². The van der Waals surface area contributed by atoms with Crippen molar-refractivity contribution in [2.75, 3.05) is 0 Å². The summed E-state index contributed by atoms with van der Waals surface area (Å²) in [6.45, 7) is 2.79. The van der Waals surface area contributed by atoms with Crippen LogP contribution >= 0.6 is 15.9 Å². The highest BCUT2D eigenvalue weighted by molar-refractivity contribution is 9.10. The molecule has 0 bridgehead atoms. The third-order valence-electron chi connectivity index (χ3n) is 3.37. The van der Waals surface area contributed by atoms with Crippen molar-refractivity contribution < 1.29 is 4.74 Å². The first-order chi connectivity index (χ1) is 9.72. The predicted molar refractivity (Wildman–Crippen MR) is 83.1 cm³/mol. The number of aromatic nitrogens is 1. The van der Waals surface area contributed by atoms with Gasteiger partial charge in [-0.1, -0.05) is 22.0 Å². The van der Waals surface area contributed by atoms with E-state index in [1.54, 1.807) is 6.20 Å². The van der Waals surface area contributed by atoms with Crippen LogP contribution in [0.4, 0.5) is 0 Å². The van der Waals surface area contributed by atoms with Gasteiger partial charge in [-0.15, -0.1) is 0 Å². The van der Waals surface area contributed by atoms with Crippen molar-refractivity contribution in [3.05, 3.63) is 52.3 Å². The molecule has 0 radical (unpaired) electrons. The van der Waals surface area contributed by atoms with Gasteiger partial charge in [0.05, 0.1) is 5.69 Å². The monoisotopic (exact) mass is 332 g/mol. The van der Waals surface area contributed by atoms with Gasteiger partial charge in [0.25, 0.3) is 0 Å². The van der Waals surface area contributed by atoms with E-state index >= 15 is 0 Å². The lowest BCUT2D eigenvalue weighted by Gasteiger charge is -2.13. The number of hydrogen-bond acceptors (Lipinski definition) is 3. The van der Waals surface area contributed by atoms with E-state index in [1.807, 2.05) is 31.2 Å². The van der Waals surface area contributed by atoms with Crippen LogP contribution in [0.15, 0.2) is 41.0 Å². The number of nitrogens with one attached hydrogen (secondary N) is 1. The zero-order valence-electron chi connectivity index (χ0n) is 11.4. The molecular weight excluding hydrogens is 316 g/mol. The molecule has 1 aliphatic rings. The number of ether oxygens (including phenoxy) is 1. The summed E-state index contributed by atoms with van der Waals surface area (Å²) in [5, 5.41) is 3.52. The van der Waals surface area contributed by atoms with Gasteiger partial charge in [0.1, 0.15) is 11.5 Å². The van der Waals surface area contributed by atoms with Gasteiger partial charge in [0, 0.05) is 28.8 Å².